The standard InChI is InChI=1S/C7H9N5O/c1-5-9-3-2-6(11-5)4-10-12-7(8)13/h2-4H,1H3,(H3,8,12,13)/b10-4+. The van der Waals surface area contributed by atoms with Gasteiger partial charge in [0.1, 0.15) is 5.82 Å². The van der Waals surface area contributed by atoms with Crippen molar-refractivity contribution < 1.29 is 4.79 Å². The first kappa shape index (κ1) is 9.11. The number of aryl methyl sites for hydroxylation is 1. The molecule has 6 heteroatoms. The first-order chi connectivity index (χ1) is 6.18. The molecule has 2 amide bonds. The molecule has 0 bridgehead atoms. The highest BCUT2D eigenvalue weighted by molar-refractivity contribution is 5.79. The van der Waals surface area contributed by atoms with Crippen LogP contribution in [0.2, 0.25) is 0 Å². The Morgan fingerprint density at radius 3 is 3.15 bits per heavy atom. The van der Waals surface area contributed by atoms with Crippen LogP contribution in [-0.2, 0) is 0 Å². The lowest BCUT2D eigenvalue weighted by atomic mass is 10.4. The SMILES string of the molecule is Cc1nccc(/C=N/NC(N)=O)n1. The summed E-state index contributed by atoms with van der Waals surface area (Å²) in [5.74, 6) is 0.642. The van der Waals surface area contributed by atoms with Crippen LogP contribution in [0.25, 0.3) is 0 Å². The van der Waals surface area contributed by atoms with E-state index in [-0.39, 0.29) is 0 Å². The number of nitrogens with zero attached hydrogens (tertiary/aromatic N) is 3. The van der Waals surface area contributed by atoms with Gasteiger partial charge in [-0.25, -0.2) is 20.2 Å². The van der Waals surface area contributed by atoms with E-state index < -0.39 is 6.03 Å². The Balaban J connectivity index is 2.63. The van der Waals surface area contributed by atoms with Crippen LogP contribution in [0.4, 0.5) is 4.79 Å². The van der Waals surface area contributed by atoms with E-state index in [1.807, 2.05) is 0 Å². The average Bonchev–Trinajstić information content (AvgIpc) is 2.03. The van der Waals surface area contributed by atoms with Gasteiger partial charge in [0, 0.05) is 6.20 Å². The highest BCUT2D eigenvalue weighted by Gasteiger charge is 1.90. The van der Waals surface area contributed by atoms with E-state index in [1.54, 1.807) is 19.2 Å². The molecule has 0 spiro atoms. The molecule has 1 aromatic rings. The Morgan fingerprint density at radius 2 is 2.54 bits per heavy atom. The highest BCUT2D eigenvalue weighted by Crippen LogP contribution is 1.89. The third-order valence-electron chi connectivity index (χ3n) is 1.17. The molecular formula is C7H9N5O. The zero-order valence-electron chi connectivity index (χ0n) is 7.06. The molecule has 0 atom stereocenters. The molecule has 0 saturated carbocycles. The van der Waals surface area contributed by atoms with Crippen LogP contribution in [0, 0.1) is 6.92 Å². The van der Waals surface area contributed by atoms with Crippen molar-refractivity contribution in [2.45, 2.75) is 6.92 Å². The maximum Gasteiger partial charge on any atom is 0.332 e. The quantitative estimate of drug-likeness (QED) is 0.485. The van der Waals surface area contributed by atoms with Gasteiger partial charge in [-0.2, -0.15) is 5.10 Å². The van der Waals surface area contributed by atoms with E-state index in [0.29, 0.717) is 11.5 Å². The molecule has 0 fully saturated rings. The third-order valence-corrected chi connectivity index (χ3v) is 1.17. The van der Waals surface area contributed by atoms with E-state index >= 15 is 0 Å². The fourth-order valence-electron chi connectivity index (χ4n) is 0.708. The number of nitrogens with one attached hydrogen (secondary N) is 1. The molecule has 0 aliphatic heterocycles. The van der Waals surface area contributed by atoms with Gasteiger partial charge in [-0.15, -0.1) is 0 Å². The Hall–Kier alpha value is -1.98. The van der Waals surface area contributed by atoms with Gasteiger partial charge in [0.2, 0.25) is 0 Å². The summed E-state index contributed by atoms with van der Waals surface area (Å²) in [5.41, 5.74) is 7.46. The molecule has 1 heterocycles. The van der Waals surface area contributed by atoms with Crippen LogP contribution in [0.1, 0.15) is 11.5 Å². The largest absolute Gasteiger partial charge is 0.350 e. The maximum absolute atomic E-state index is 10.2. The van der Waals surface area contributed by atoms with Crippen LogP contribution in [0.15, 0.2) is 17.4 Å². The number of aromatic nitrogens is 2. The minimum Gasteiger partial charge on any atom is -0.350 e. The minimum absolute atomic E-state index is 0.612. The van der Waals surface area contributed by atoms with Gasteiger partial charge in [0.15, 0.2) is 0 Å². The van der Waals surface area contributed by atoms with E-state index in [2.05, 4.69) is 20.5 Å². The summed E-state index contributed by atoms with van der Waals surface area (Å²) in [6.07, 6.45) is 2.99. The molecule has 0 radical (unpaired) electrons. The predicted molar refractivity (Wildman–Crippen MR) is 47.1 cm³/mol. The van der Waals surface area contributed by atoms with Crippen LogP contribution in [0.3, 0.4) is 0 Å². The zero-order chi connectivity index (χ0) is 9.68. The van der Waals surface area contributed by atoms with Crippen molar-refractivity contribution in [3.8, 4) is 0 Å². The fraction of sp³-hybridized carbons (Fsp3) is 0.143. The number of urea groups is 1. The summed E-state index contributed by atoms with van der Waals surface area (Å²) >= 11 is 0. The van der Waals surface area contributed by atoms with Crippen LogP contribution < -0.4 is 11.2 Å². The molecule has 0 aromatic carbocycles. The van der Waals surface area contributed by atoms with Gasteiger partial charge < -0.3 is 5.73 Å². The molecule has 0 aliphatic rings. The first-order valence-corrected chi connectivity index (χ1v) is 3.56. The van der Waals surface area contributed by atoms with E-state index in [9.17, 15) is 4.79 Å². The van der Waals surface area contributed by atoms with Gasteiger partial charge in [0.05, 0.1) is 11.9 Å². The molecule has 13 heavy (non-hydrogen) atoms. The van der Waals surface area contributed by atoms with Gasteiger partial charge in [0.25, 0.3) is 0 Å². The summed E-state index contributed by atoms with van der Waals surface area (Å²) in [6, 6.07) is 0.959. The molecule has 3 N–H and O–H groups in total. The number of rotatable bonds is 2. The highest BCUT2D eigenvalue weighted by atomic mass is 16.2. The Kier molecular flexibility index (Phi) is 2.91. The molecule has 68 valence electrons. The maximum atomic E-state index is 10.2. The number of hydrogen-bond acceptors (Lipinski definition) is 4. The van der Waals surface area contributed by atoms with Crippen LogP contribution in [0.5, 0.6) is 0 Å². The molecule has 6 nitrogen and oxygen atoms in total. The summed E-state index contributed by atoms with van der Waals surface area (Å²) in [4.78, 5) is 18.1. The molecule has 0 saturated heterocycles. The number of nitrogens with two attached hydrogens (primary N) is 1. The second-order valence-corrected chi connectivity index (χ2v) is 2.26. The molecule has 0 unspecified atom stereocenters. The fourth-order valence-corrected chi connectivity index (χ4v) is 0.708. The summed E-state index contributed by atoms with van der Waals surface area (Å²) in [7, 11) is 0. The van der Waals surface area contributed by atoms with Crippen molar-refractivity contribution in [1.29, 1.82) is 0 Å². The number of carbonyl (C=O) groups is 1. The van der Waals surface area contributed by atoms with Crippen LogP contribution >= 0.6 is 0 Å². The Bertz CT molecular complexity index is 335. The number of primary amides is 1. The third kappa shape index (κ3) is 3.28. The second-order valence-electron chi connectivity index (χ2n) is 2.26. The smallest absolute Gasteiger partial charge is 0.332 e. The normalized spacial score (nSPS) is 10.2. The van der Waals surface area contributed by atoms with Crippen molar-refractivity contribution in [2.75, 3.05) is 0 Å². The topological polar surface area (TPSA) is 93.3 Å². The molecule has 0 aliphatic carbocycles. The van der Waals surface area contributed by atoms with E-state index in [1.165, 1.54) is 6.21 Å². The number of carbonyl (C=O) groups excluding carboxylic acids is 1. The van der Waals surface area contributed by atoms with Gasteiger partial charge >= 0.3 is 6.03 Å². The summed E-state index contributed by atoms with van der Waals surface area (Å²) in [6.45, 7) is 1.76. The molecule has 1 rings (SSSR count). The van der Waals surface area contributed by atoms with Crippen molar-refractivity contribution in [2.24, 2.45) is 10.8 Å². The lowest BCUT2D eigenvalue weighted by Crippen LogP contribution is -2.24. The second kappa shape index (κ2) is 4.15. The van der Waals surface area contributed by atoms with Crippen molar-refractivity contribution in [1.82, 2.24) is 15.4 Å². The van der Waals surface area contributed by atoms with Crippen molar-refractivity contribution in [3.05, 3.63) is 23.8 Å². The van der Waals surface area contributed by atoms with Gasteiger partial charge in [-0.3, -0.25) is 0 Å². The summed E-state index contributed by atoms with van der Waals surface area (Å²) < 4.78 is 0. The monoisotopic (exact) mass is 179 g/mol. The summed E-state index contributed by atoms with van der Waals surface area (Å²) in [5, 5.41) is 3.54. The van der Waals surface area contributed by atoms with Gasteiger partial charge in [-0.1, -0.05) is 0 Å². The Morgan fingerprint density at radius 1 is 1.77 bits per heavy atom. The number of hydrazone groups is 1. The lowest BCUT2D eigenvalue weighted by Gasteiger charge is -1.93. The molecular weight excluding hydrogens is 170 g/mol. The average molecular weight is 179 g/mol. The van der Waals surface area contributed by atoms with Crippen molar-refractivity contribution in [3.63, 3.8) is 0 Å². The Labute approximate surface area is 74.9 Å². The number of amides is 2. The van der Waals surface area contributed by atoms with E-state index in [4.69, 9.17) is 5.73 Å². The molecule has 1 aromatic heterocycles. The predicted octanol–water partition coefficient (Wildman–Crippen LogP) is -0.213. The van der Waals surface area contributed by atoms with Crippen molar-refractivity contribution >= 4 is 12.2 Å². The van der Waals surface area contributed by atoms with Crippen LogP contribution in [-0.4, -0.2) is 22.2 Å². The van der Waals surface area contributed by atoms with Gasteiger partial charge in [-0.05, 0) is 13.0 Å². The number of hydrogen-bond donors (Lipinski definition) is 2. The van der Waals surface area contributed by atoms with E-state index in [0.717, 1.165) is 0 Å². The lowest BCUT2D eigenvalue weighted by molar-refractivity contribution is 0.249. The zero-order valence-corrected chi connectivity index (χ0v) is 7.06. The first-order valence-electron chi connectivity index (χ1n) is 3.56. The minimum atomic E-state index is -0.706.